The second kappa shape index (κ2) is 12.7. The number of carbonyl (C=O) groups excluding carboxylic acids is 1. The standard InChI is InChI=1S/C26H37NO4/c1-9-19(5)15-24(21(7)31-18(3)4)25-16-23(11-12-26(25)30-8)27(17-20(6)29)22(10-2)13-14-28/h11-18,29H,9-10H2,1-8H3/b19-15-,20-17+,22-13-,24-21-. The van der Waals surface area contributed by atoms with E-state index in [1.165, 1.54) is 11.6 Å². The average Bonchev–Trinajstić information content (AvgIpc) is 2.73. The van der Waals surface area contributed by atoms with Crippen LogP contribution < -0.4 is 9.64 Å². The normalized spacial score (nSPS) is 13.8. The van der Waals surface area contributed by atoms with Gasteiger partial charge >= 0.3 is 0 Å². The minimum Gasteiger partial charge on any atom is -0.511 e. The van der Waals surface area contributed by atoms with Crippen molar-refractivity contribution >= 4 is 17.5 Å². The number of carbonyl (C=O) groups is 1. The van der Waals surface area contributed by atoms with Gasteiger partial charge in [0.2, 0.25) is 0 Å². The Morgan fingerprint density at radius 2 is 1.84 bits per heavy atom. The molecule has 5 nitrogen and oxygen atoms in total. The molecule has 0 radical (unpaired) electrons. The van der Waals surface area contributed by atoms with Crippen LogP contribution in [0, 0.1) is 0 Å². The van der Waals surface area contributed by atoms with Gasteiger partial charge in [0.1, 0.15) is 23.6 Å². The predicted molar refractivity (Wildman–Crippen MR) is 129 cm³/mol. The van der Waals surface area contributed by atoms with Crippen LogP contribution in [-0.4, -0.2) is 24.6 Å². The predicted octanol–water partition coefficient (Wildman–Crippen LogP) is 6.93. The first-order chi connectivity index (χ1) is 14.7. The Morgan fingerprint density at radius 3 is 2.32 bits per heavy atom. The van der Waals surface area contributed by atoms with Crippen LogP contribution in [0.2, 0.25) is 0 Å². The van der Waals surface area contributed by atoms with Crippen LogP contribution in [0.25, 0.3) is 5.57 Å². The summed E-state index contributed by atoms with van der Waals surface area (Å²) in [5.41, 5.74) is 4.60. The third kappa shape index (κ3) is 7.67. The van der Waals surface area contributed by atoms with Crippen LogP contribution in [0.5, 0.6) is 5.75 Å². The molecule has 0 bridgehead atoms. The van der Waals surface area contributed by atoms with Gasteiger partial charge in [0.15, 0.2) is 0 Å². The van der Waals surface area contributed by atoms with E-state index < -0.39 is 0 Å². The number of allylic oxidation sites excluding steroid dienone is 7. The summed E-state index contributed by atoms with van der Waals surface area (Å²) in [5, 5.41) is 9.95. The molecule has 0 aliphatic rings. The zero-order valence-corrected chi connectivity index (χ0v) is 20.2. The van der Waals surface area contributed by atoms with E-state index in [-0.39, 0.29) is 11.9 Å². The molecule has 170 valence electrons. The van der Waals surface area contributed by atoms with Gasteiger partial charge in [-0.15, -0.1) is 0 Å². The lowest BCUT2D eigenvalue weighted by Crippen LogP contribution is -2.16. The van der Waals surface area contributed by atoms with Crippen molar-refractivity contribution in [3.63, 3.8) is 0 Å². The molecule has 0 aliphatic heterocycles. The summed E-state index contributed by atoms with van der Waals surface area (Å²) in [6, 6.07) is 5.79. The highest BCUT2D eigenvalue weighted by atomic mass is 16.5. The smallest absolute Gasteiger partial charge is 0.144 e. The summed E-state index contributed by atoms with van der Waals surface area (Å²) in [6.45, 7) is 13.7. The molecule has 0 spiro atoms. The molecular weight excluding hydrogens is 390 g/mol. The fourth-order valence-corrected chi connectivity index (χ4v) is 3.15. The molecule has 0 atom stereocenters. The number of methoxy groups -OCH3 is 1. The first-order valence-corrected chi connectivity index (χ1v) is 10.7. The van der Waals surface area contributed by atoms with Crippen LogP contribution in [-0.2, 0) is 9.53 Å². The van der Waals surface area contributed by atoms with Crippen molar-refractivity contribution < 1.29 is 19.4 Å². The lowest BCUT2D eigenvalue weighted by molar-refractivity contribution is -0.104. The number of nitrogens with zero attached hydrogens (tertiary/aromatic N) is 1. The van der Waals surface area contributed by atoms with Crippen molar-refractivity contribution in [2.24, 2.45) is 0 Å². The van der Waals surface area contributed by atoms with Gasteiger partial charge in [-0.1, -0.05) is 25.5 Å². The van der Waals surface area contributed by atoms with Crippen LogP contribution in [0.3, 0.4) is 0 Å². The van der Waals surface area contributed by atoms with Crippen molar-refractivity contribution in [3.05, 3.63) is 64.9 Å². The van der Waals surface area contributed by atoms with Gasteiger partial charge in [-0.25, -0.2) is 0 Å². The number of anilines is 1. The second-order valence-electron chi connectivity index (χ2n) is 7.65. The third-order valence-corrected chi connectivity index (χ3v) is 4.74. The van der Waals surface area contributed by atoms with Gasteiger partial charge in [-0.3, -0.25) is 4.79 Å². The van der Waals surface area contributed by atoms with Gasteiger partial charge in [0.25, 0.3) is 0 Å². The summed E-state index contributed by atoms with van der Waals surface area (Å²) < 4.78 is 11.7. The maximum absolute atomic E-state index is 11.2. The summed E-state index contributed by atoms with van der Waals surface area (Å²) >= 11 is 0. The minimum absolute atomic E-state index is 0.0400. The fraction of sp³-hybridized carbons (Fsp3) is 0.423. The largest absolute Gasteiger partial charge is 0.511 e. The van der Waals surface area contributed by atoms with Crippen molar-refractivity contribution in [1.82, 2.24) is 0 Å². The van der Waals surface area contributed by atoms with Crippen LogP contribution >= 0.6 is 0 Å². The molecule has 0 unspecified atom stereocenters. The number of aldehydes is 1. The molecule has 31 heavy (non-hydrogen) atoms. The summed E-state index contributed by atoms with van der Waals surface area (Å²) in [4.78, 5) is 13.0. The summed E-state index contributed by atoms with van der Waals surface area (Å²) in [6.07, 6.45) is 7.58. The van der Waals surface area contributed by atoms with E-state index in [4.69, 9.17) is 9.47 Å². The average molecular weight is 428 g/mol. The molecule has 0 aromatic heterocycles. The molecule has 0 fully saturated rings. The highest BCUT2D eigenvalue weighted by molar-refractivity contribution is 5.82. The molecule has 0 saturated heterocycles. The number of benzene rings is 1. The van der Waals surface area contributed by atoms with Gasteiger partial charge in [0.05, 0.1) is 13.2 Å². The molecule has 5 heteroatoms. The van der Waals surface area contributed by atoms with Crippen LogP contribution in [0.4, 0.5) is 5.69 Å². The Morgan fingerprint density at radius 1 is 1.16 bits per heavy atom. The van der Waals surface area contributed by atoms with Gasteiger partial charge in [-0.05, 0) is 71.7 Å². The van der Waals surface area contributed by atoms with Gasteiger partial charge in [-0.2, -0.15) is 0 Å². The Hall–Kier alpha value is -2.95. The molecule has 1 N–H and O–H groups in total. The molecule has 0 saturated carbocycles. The lowest BCUT2D eigenvalue weighted by Gasteiger charge is -2.25. The molecule has 0 aliphatic carbocycles. The number of aliphatic hydroxyl groups is 1. The summed E-state index contributed by atoms with van der Waals surface area (Å²) in [5.74, 6) is 1.66. The topological polar surface area (TPSA) is 59.0 Å². The van der Waals surface area contributed by atoms with Crippen molar-refractivity contribution in [2.45, 2.75) is 67.4 Å². The van der Waals surface area contributed by atoms with Crippen LogP contribution in [0.1, 0.15) is 66.9 Å². The number of hydrogen-bond donors (Lipinski definition) is 1. The maximum atomic E-state index is 11.2. The van der Waals surface area contributed by atoms with E-state index in [2.05, 4.69) is 19.9 Å². The van der Waals surface area contributed by atoms with Gasteiger partial charge < -0.3 is 19.5 Å². The number of aliphatic hydroxyl groups excluding tert-OH is 1. The Labute approximate surface area is 187 Å². The van der Waals surface area contributed by atoms with Crippen molar-refractivity contribution in [3.8, 4) is 5.75 Å². The Balaban J connectivity index is 3.83. The zero-order valence-electron chi connectivity index (χ0n) is 20.2. The maximum Gasteiger partial charge on any atom is 0.144 e. The van der Waals surface area contributed by atoms with Crippen molar-refractivity contribution in [1.29, 1.82) is 0 Å². The highest BCUT2D eigenvalue weighted by Gasteiger charge is 2.17. The van der Waals surface area contributed by atoms with E-state index in [0.29, 0.717) is 12.2 Å². The molecule has 1 aromatic rings. The van der Waals surface area contributed by atoms with E-state index in [9.17, 15) is 9.90 Å². The van der Waals surface area contributed by atoms with E-state index in [1.807, 2.05) is 50.8 Å². The van der Waals surface area contributed by atoms with E-state index >= 15 is 0 Å². The number of hydrogen-bond acceptors (Lipinski definition) is 5. The fourth-order valence-electron chi connectivity index (χ4n) is 3.15. The quantitative estimate of drug-likeness (QED) is 0.180. The summed E-state index contributed by atoms with van der Waals surface area (Å²) in [7, 11) is 1.64. The highest BCUT2D eigenvalue weighted by Crippen LogP contribution is 2.36. The molecule has 1 aromatic carbocycles. The molecule has 1 rings (SSSR count). The zero-order chi connectivity index (χ0) is 23.6. The third-order valence-electron chi connectivity index (χ3n) is 4.74. The van der Waals surface area contributed by atoms with Crippen LogP contribution in [0.15, 0.2) is 59.3 Å². The Kier molecular flexibility index (Phi) is 10.7. The van der Waals surface area contributed by atoms with Crippen molar-refractivity contribution in [2.75, 3.05) is 12.0 Å². The van der Waals surface area contributed by atoms with E-state index in [1.54, 1.807) is 20.2 Å². The second-order valence-corrected chi connectivity index (χ2v) is 7.65. The molecule has 0 amide bonds. The molecular formula is C26H37NO4. The van der Waals surface area contributed by atoms with Gasteiger partial charge in [0, 0.05) is 28.7 Å². The Bertz CT molecular complexity index is 871. The minimum atomic E-state index is 0.0400. The molecule has 0 heterocycles. The first kappa shape index (κ1) is 26.1. The number of ether oxygens (including phenoxy) is 2. The van der Waals surface area contributed by atoms with E-state index in [0.717, 1.165) is 41.0 Å². The first-order valence-electron chi connectivity index (χ1n) is 10.7. The SMILES string of the molecule is CC/C(C)=C\C(=C(/C)OC(C)C)c1cc(N(/C=C(\C)O)/C(=C\C=O)CC)ccc1OC. The lowest BCUT2D eigenvalue weighted by atomic mass is 9.99. The monoisotopic (exact) mass is 427 g/mol. The number of rotatable bonds is 11.